The van der Waals surface area contributed by atoms with Crippen molar-refractivity contribution in [2.75, 3.05) is 37.6 Å². The second kappa shape index (κ2) is 7.99. The van der Waals surface area contributed by atoms with Crippen LogP contribution in [-0.2, 0) is 4.79 Å². The Kier molecular flexibility index (Phi) is 5.28. The molecule has 0 radical (unpaired) electrons. The van der Waals surface area contributed by atoms with Crippen LogP contribution in [0.2, 0.25) is 0 Å². The predicted octanol–water partition coefficient (Wildman–Crippen LogP) is 2.73. The molecule has 170 valence electrons. The van der Waals surface area contributed by atoms with E-state index in [4.69, 9.17) is 4.52 Å². The molecule has 5 rings (SSSR count). The number of hydrogen-bond acceptors (Lipinski definition) is 6. The molecule has 0 N–H and O–H groups in total. The number of pyridine rings is 1. The van der Waals surface area contributed by atoms with Crippen molar-refractivity contribution in [1.29, 1.82) is 0 Å². The molecule has 32 heavy (non-hydrogen) atoms. The molecule has 3 fully saturated rings. The largest absolute Gasteiger partial charge is 0.361 e. The number of carbonyl (C=O) groups is 2. The van der Waals surface area contributed by atoms with E-state index in [-0.39, 0.29) is 11.8 Å². The van der Waals surface area contributed by atoms with Crippen LogP contribution in [0.15, 0.2) is 22.9 Å². The molecule has 2 aromatic rings. The van der Waals surface area contributed by atoms with Gasteiger partial charge in [-0.15, -0.1) is 0 Å². The lowest BCUT2D eigenvalue weighted by Gasteiger charge is -2.53. The standard InChI is InChI=1S/C24H31N5O3/c1-16-4-7-20(14-25-16)29-13-12-28(15-19-5-6-19)24(23(29)31)8-10-27(11-9-24)22(30)21-17(2)26-32-18(21)3/h4,7,14,19H,5-6,8-13,15H2,1-3H3. The average Bonchev–Trinajstić information content (AvgIpc) is 3.55. The molecule has 0 bridgehead atoms. The number of rotatable bonds is 4. The van der Waals surface area contributed by atoms with Crippen LogP contribution in [-0.4, -0.2) is 70.0 Å². The van der Waals surface area contributed by atoms with E-state index in [1.165, 1.54) is 12.8 Å². The quantitative estimate of drug-likeness (QED) is 0.732. The SMILES string of the molecule is Cc1ccc(N2CCN(CC3CC3)C3(CCN(C(=O)c4c(C)noc4C)CC3)C2=O)cn1. The van der Waals surface area contributed by atoms with Gasteiger partial charge in [0.15, 0.2) is 0 Å². The summed E-state index contributed by atoms with van der Waals surface area (Å²) in [6.45, 7) is 9.13. The van der Waals surface area contributed by atoms with Gasteiger partial charge in [0.1, 0.15) is 16.9 Å². The molecule has 4 heterocycles. The molecule has 1 spiro atoms. The van der Waals surface area contributed by atoms with E-state index in [9.17, 15) is 9.59 Å². The Morgan fingerprint density at radius 2 is 1.88 bits per heavy atom. The molecule has 1 aliphatic carbocycles. The summed E-state index contributed by atoms with van der Waals surface area (Å²) in [6.07, 6.45) is 5.59. The van der Waals surface area contributed by atoms with E-state index in [0.717, 1.165) is 24.5 Å². The molecule has 1 saturated carbocycles. The zero-order valence-electron chi connectivity index (χ0n) is 19.1. The Balaban J connectivity index is 1.38. The van der Waals surface area contributed by atoms with Crippen molar-refractivity contribution in [2.45, 2.75) is 52.0 Å². The fourth-order valence-corrected chi connectivity index (χ4v) is 5.22. The molecule has 3 aliphatic rings. The summed E-state index contributed by atoms with van der Waals surface area (Å²) in [7, 11) is 0. The molecule has 2 saturated heterocycles. The van der Waals surface area contributed by atoms with Gasteiger partial charge in [0.25, 0.3) is 5.91 Å². The summed E-state index contributed by atoms with van der Waals surface area (Å²) in [4.78, 5) is 37.7. The van der Waals surface area contributed by atoms with E-state index in [0.29, 0.717) is 55.4 Å². The van der Waals surface area contributed by atoms with Crippen molar-refractivity contribution in [2.24, 2.45) is 5.92 Å². The van der Waals surface area contributed by atoms with Crippen molar-refractivity contribution in [1.82, 2.24) is 19.9 Å². The highest BCUT2D eigenvalue weighted by atomic mass is 16.5. The highest BCUT2D eigenvalue weighted by Crippen LogP contribution is 2.40. The molecule has 0 unspecified atom stereocenters. The highest BCUT2D eigenvalue weighted by molar-refractivity contribution is 6.01. The molecule has 8 nitrogen and oxygen atoms in total. The number of carbonyl (C=O) groups excluding carboxylic acids is 2. The van der Waals surface area contributed by atoms with Crippen LogP contribution in [0.1, 0.15) is 53.2 Å². The molecule has 0 aromatic carbocycles. The lowest BCUT2D eigenvalue weighted by molar-refractivity contribution is -0.137. The van der Waals surface area contributed by atoms with Gasteiger partial charge in [-0.2, -0.15) is 0 Å². The third-order valence-electron chi connectivity index (χ3n) is 7.35. The van der Waals surface area contributed by atoms with Gasteiger partial charge in [0.05, 0.1) is 17.6 Å². The van der Waals surface area contributed by atoms with Gasteiger partial charge < -0.3 is 14.3 Å². The van der Waals surface area contributed by atoms with E-state index >= 15 is 0 Å². The number of aryl methyl sites for hydroxylation is 3. The van der Waals surface area contributed by atoms with Gasteiger partial charge in [-0.25, -0.2) is 0 Å². The first-order valence-corrected chi connectivity index (χ1v) is 11.6. The summed E-state index contributed by atoms with van der Waals surface area (Å²) >= 11 is 0. The Labute approximate surface area is 188 Å². The topological polar surface area (TPSA) is 82.8 Å². The second-order valence-electron chi connectivity index (χ2n) is 9.53. The first-order chi connectivity index (χ1) is 15.4. The normalized spacial score (nSPS) is 21.4. The van der Waals surface area contributed by atoms with E-state index in [1.54, 1.807) is 20.0 Å². The fraction of sp³-hybridized carbons (Fsp3) is 0.583. The lowest BCUT2D eigenvalue weighted by atomic mass is 9.81. The molecule has 8 heteroatoms. The molecule has 2 aliphatic heterocycles. The van der Waals surface area contributed by atoms with Crippen LogP contribution >= 0.6 is 0 Å². The summed E-state index contributed by atoms with van der Waals surface area (Å²) in [5.41, 5.74) is 2.42. The number of amides is 2. The van der Waals surface area contributed by atoms with Gasteiger partial charge in [-0.3, -0.25) is 19.5 Å². The number of anilines is 1. The van der Waals surface area contributed by atoms with Crippen molar-refractivity contribution in [3.8, 4) is 0 Å². The molecular weight excluding hydrogens is 406 g/mol. The summed E-state index contributed by atoms with van der Waals surface area (Å²) in [5, 5.41) is 3.93. The maximum Gasteiger partial charge on any atom is 0.259 e. The summed E-state index contributed by atoms with van der Waals surface area (Å²) < 4.78 is 5.20. The minimum Gasteiger partial charge on any atom is -0.361 e. The first-order valence-electron chi connectivity index (χ1n) is 11.6. The Morgan fingerprint density at radius 1 is 1.12 bits per heavy atom. The number of piperidine rings is 1. The zero-order valence-corrected chi connectivity index (χ0v) is 19.1. The van der Waals surface area contributed by atoms with Crippen LogP contribution in [0.5, 0.6) is 0 Å². The molecule has 0 atom stereocenters. The van der Waals surface area contributed by atoms with Crippen LogP contribution in [0.4, 0.5) is 5.69 Å². The number of likely N-dealkylation sites (tertiary alicyclic amines) is 1. The van der Waals surface area contributed by atoms with Crippen molar-refractivity contribution in [3.05, 3.63) is 41.0 Å². The maximum atomic E-state index is 13.9. The third kappa shape index (κ3) is 3.60. The number of nitrogens with zero attached hydrogens (tertiary/aromatic N) is 5. The highest BCUT2D eigenvalue weighted by Gasteiger charge is 2.52. The van der Waals surface area contributed by atoms with Crippen molar-refractivity contribution in [3.63, 3.8) is 0 Å². The van der Waals surface area contributed by atoms with Crippen LogP contribution in [0.25, 0.3) is 0 Å². The van der Waals surface area contributed by atoms with E-state index in [1.807, 2.05) is 28.9 Å². The van der Waals surface area contributed by atoms with Crippen LogP contribution < -0.4 is 4.90 Å². The maximum absolute atomic E-state index is 13.9. The smallest absolute Gasteiger partial charge is 0.259 e. The molecule has 2 aromatic heterocycles. The average molecular weight is 438 g/mol. The van der Waals surface area contributed by atoms with Crippen LogP contribution in [0.3, 0.4) is 0 Å². The number of hydrogen-bond donors (Lipinski definition) is 0. The molecule has 2 amide bonds. The van der Waals surface area contributed by atoms with Gasteiger partial charge in [-0.05, 0) is 64.5 Å². The summed E-state index contributed by atoms with van der Waals surface area (Å²) in [5.74, 6) is 1.36. The Morgan fingerprint density at radius 3 is 2.47 bits per heavy atom. The second-order valence-corrected chi connectivity index (χ2v) is 9.53. The number of aromatic nitrogens is 2. The predicted molar refractivity (Wildman–Crippen MR) is 119 cm³/mol. The Bertz CT molecular complexity index is 999. The van der Waals surface area contributed by atoms with E-state index in [2.05, 4.69) is 15.0 Å². The minimum absolute atomic E-state index is 0.0484. The fourth-order valence-electron chi connectivity index (χ4n) is 5.22. The zero-order chi connectivity index (χ0) is 22.5. The lowest BCUT2D eigenvalue weighted by Crippen LogP contribution is -2.69. The van der Waals surface area contributed by atoms with Crippen molar-refractivity contribution < 1.29 is 14.1 Å². The van der Waals surface area contributed by atoms with Gasteiger partial charge >= 0.3 is 0 Å². The third-order valence-corrected chi connectivity index (χ3v) is 7.35. The summed E-state index contributed by atoms with van der Waals surface area (Å²) in [6, 6.07) is 3.94. The first kappa shape index (κ1) is 21.1. The van der Waals surface area contributed by atoms with Gasteiger partial charge in [-0.1, -0.05) is 5.16 Å². The monoisotopic (exact) mass is 437 g/mol. The van der Waals surface area contributed by atoms with Crippen molar-refractivity contribution >= 4 is 17.5 Å². The minimum atomic E-state index is -0.554. The van der Waals surface area contributed by atoms with Crippen LogP contribution in [0, 0.1) is 26.7 Å². The van der Waals surface area contributed by atoms with Gasteiger partial charge in [0, 0.05) is 38.4 Å². The number of piperazine rings is 1. The molecular formula is C24H31N5O3. The van der Waals surface area contributed by atoms with Gasteiger partial charge in [0.2, 0.25) is 5.91 Å². The Hall–Kier alpha value is -2.74. The van der Waals surface area contributed by atoms with E-state index < -0.39 is 5.54 Å².